The van der Waals surface area contributed by atoms with Crippen LogP contribution in [0.25, 0.3) is 0 Å². The van der Waals surface area contributed by atoms with Gasteiger partial charge in [0.2, 0.25) is 0 Å². The predicted octanol–water partition coefficient (Wildman–Crippen LogP) is -0.430. The van der Waals surface area contributed by atoms with Crippen molar-refractivity contribution in [2.24, 2.45) is 7.05 Å². The molecule has 1 fully saturated rings. The molecule has 7 nitrogen and oxygen atoms in total. The second-order valence-electron chi connectivity index (χ2n) is 4.93. The lowest BCUT2D eigenvalue weighted by atomic mass is 10.2. The van der Waals surface area contributed by atoms with Gasteiger partial charge in [-0.05, 0) is 13.8 Å². The minimum atomic E-state index is -3.04. The van der Waals surface area contributed by atoms with Gasteiger partial charge in [0, 0.05) is 19.6 Å². The van der Waals surface area contributed by atoms with Crippen LogP contribution >= 0.6 is 0 Å². The number of nitrogens with two attached hydrogens (primary N) is 1. The fourth-order valence-electron chi connectivity index (χ4n) is 2.36. The van der Waals surface area contributed by atoms with E-state index in [-0.39, 0.29) is 30.0 Å². The van der Waals surface area contributed by atoms with Crippen LogP contribution in [0.3, 0.4) is 0 Å². The molecule has 0 aliphatic carbocycles. The first kappa shape index (κ1) is 13.9. The molecule has 2 N–H and O–H groups in total. The van der Waals surface area contributed by atoms with Crippen LogP contribution in [0, 0.1) is 6.92 Å². The smallest absolute Gasteiger partial charge is 0.274 e. The maximum Gasteiger partial charge on any atom is 0.274 e. The Morgan fingerprint density at radius 3 is 2.58 bits per heavy atom. The molecule has 1 aliphatic heterocycles. The highest BCUT2D eigenvalue weighted by Crippen LogP contribution is 2.21. The van der Waals surface area contributed by atoms with E-state index >= 15 is 0 Å². The van der Waals surface area contributed by atoms with Crippen LogP contribution < -0.4 is 5.73 Å². The fraction of sp³-hybridized carbons (Fsp3) is 0.636. The van der Waals surface area contributed by atoms with E-state index in [2.05, 4.69) is 5.10 Å². The van der Waals surface area contributed by atoms with Gasteiger partial charge in [-0.25, -0.2) is 8.42 Å². The molecule has 1 aliphatic rings. The molecule has 106 valence electrons. The van der Waals surface area contributed by atoms with Crippen LogP contribution in [0.1, 0.15) is 23.1 Å². The van der Waals surface area contributed by atoms with Crippen molar-refractivity contribution in [2.45, 2.75) is 19.9 Å². The van der Waals surface area contributed by atoms with E-state index in [1.165, 1.54) is 4.68 Å². The lowest BCUT2D eigenvalue weighted by Gasteiger charge is -2.33. The zero-order chi connectivity index (χ0) is 14.4. The first-order valence-corrected chi connectivity index (χ1v) is 7.85. The van der Waals surface area contributed by atoms with Gasteiger partial charge in [-0.3, -0.25) is 9.48 Å². The number of hydrogen-bond acceptors (Lipinski definition) is 5. The van der Waals surface area contributed by atoms with Crippen molar-refractivity contribution >= 4 is 21.4 Å². The zero-order valence-corrected chi connectivity index (χ0v) is 12.1. The maximum atomic E-state index is 12.5. The van der Waals surface area contributed by atoms with E-state index in [1.807, 2.05) is 0 Å². The number of hydrogen-bond donors (Lipinski definition) is 1. The van der Waals surface area contributed by atoms with Crippen molar-refractivity contribution in [3.05, 3.63) is 11.4 Å². The molecule has 1 saturated heterocycles. The van der Waals surface area contributed by atoms with E-state index in [0.29, 0.717) is 17.1 Å². The minimum Gasteiger partial charge on any atom is -0.395 e. The number of rotatable bonds is 1. The van der Waals surface area contributed by atoms with Crippen LogP contribution in [0.5, 0.6) is 0 Å². The van der Waals surface area contributed by atoms with Gasteiger partial charge in [-0.15, -0.1) is 0 Å². The Labute approximate surface area is 112 Å². The molecule has 2 rings (SSSR count). The SMILES string of the molecule is Cc1nn(C)c(C(=O)N2CCS(=O)(=O)CC2C)c1N. The summed E-state index contributed by atoms with van der Waals surface area (Å²) in [5.74, 6) is -0.266. The van der Waals surface area contributed by atoms with Gasteiger partial charge in [-0.1, -0.05) is 0 Å². The van der Waals surface area contributed by atoms with Gasteiger partial charge in [0.05, 0.1) is 22.9 Å². The van der Waals surface area contributed by atoms with Gasteiger partial charge in [0.1, 0.15) is 5.69 Å². The van der Waals surface area contributed by atoms with Crippen LogP contribution in [0.4, 0.5) is 5.69 Å². The summed E-state index contributed by atoms with van der Waals surface area (Å²) in [7, 11) is -1.39. The van der Waals surface area contributed by atoms with Crippen molar-refractivity contribution in [3.63, 3.8) is 0 Å². The van der Waals surface area contributed by atoms with Crippen LogP contribution in [-0.4, -0.2) is 53.1 Å². The Balaban J connectivity index is 2.30. The summed E-state index contributed by atoms with van der Waals surface area (Å²) in [5, 5.41) is 4.11. The Morgan fingerprint density at radius 1 is 1.47 bits per heavy atom. The quantitative estimate of drug-likeness (QED) is 0.755. The van der Waals surface area contributed by atoms with Gasteiger partial charge in [0.25, 0.3) is 5.91 Å². The average molecular weight is 286 g/mol. The normalized spacial score (nSPS) is 22.5. The van der Waals surface area contributed by atoms with Crippen molar-refractivity contribution < 1.29 is 13.2 Å². The molecule has 1 amide bonds. The molecule has 0 saturated carbocycles. The Kier molecular flexibility index (Phi) is 3.29. The third-order valence-corrected chi connectivity index (χ3v) is 5.20. The molecule has 1 unspecified atom stereocenters. The topological polar surface area (TPSA) is 98.3 Å². The molecule has 0 aromatic carbocycles. The molecule has 1 atom stereocenters. The van der Waals surface area contributed by atoms with E-state index in [9.17, 15) is 13.2 Å². The highest BCUT2D eigenvalue weighted by atomic mass is 32.2. The minimum absolute atomic E-state index is 0.000180. The zero-order valence-electron chi connectivity index (χ0n) is 11.3. The number of nitrogen functional groups attached to an aromatic ring is 1. The second kappa shape index (κ2) is 4.52. The van der Waals surface area contributed by atoms with Gasteiger partial charge in [0.15, 0.2) is 9.84 Å². The van der Waals surface area contributed by atoms with Crippen molar-refractivity contribution in [3.8, 4) is 0 Å². The second-order valence-corrected chi connectivity index (χ2v) is 7.16. The third-order valence-electron chi connectivity index (χ3n) is 3.40. The summed E-state index contributed by atoms with van der Waals surface area (Å²) in [6.45, 7) is 3.66. The van der Waals surface area contributed by atoms with Crippen molar-refractivity contribution in [1.29, 1.82) is 0 Å². The number of aryl methyl sites for hydroxylation is 2. The summed E-state index contributed by atoms with van der Waals surface area (Å²) in [5.41, 5.74) is 7.14. The lowest BCUT2D eigenvalue weighted by molar-refractivity contribution is 0.0702. The summed E-state index contributed by atoms with van der Waals surface area (Å²) >= 11 is 0. The maximum absolute atomic E-state index is 12.5. The molecule has 0 bridgehead atoms. The van der Waals surface area contributed by atoms with Gasteiger partial charge < -0.3 is 10.6 Å². The molecule has 19 heavy (non-hydrogen) atoms. The predicted molar refractivity (Wildman–Crippen MR) is 71.5 cm³/mol. The summed E-state index contributed by atoms with van der Waals surface area (Å²) in [4.78, 5) is 14.0. The largest absolute Gasteiger partial charge is 0.395 e. The summed E-state index contributed by atoms with van der Waals surface area (Å²) in [6.07, 6.45) is 0. The third kappa shape index (κ3) is 2.44. The van der Waals surface area contributed by atoms with E-state index in [4.69, 9.17) is 5.73 Å². The van der Waals surface area contributed by atoms with Crippen LogP contribution in [-0.2, 0) is 16.9 Å². The number of amides is 1. The first-order chi connectivity index (χ1) is 8.73. The standard InChI is InChI=1S/C11H18N4O3S/c1-7-6-19(17,18)5-4-15(7)11(16)10-9(12)8(2)13-14(10)3/h7H,4-6,12H2,1-3H3. The monoisotopic (exact) mass is 286 g/mol. The average Bonchev–Trinajstić information content (AvgIpc) is 2.51. The van der Waals surface area contributed by atoms with Crippen molar-refractivity contribution in [2.75, 3.05) is 23.8 Å². The fourth-order valence-corrected chi connectivity index (χ4v) is 3.92. The number of anilines is 1. The summed E-state index contributed by atoms with van der Waals surface area (Å²) in [6, 6.07) is -0.346. The Bertz CT molecular complexity index is 620. The molecule has 8 heteroatoms. The molecule has 0 spiro atoms. The number of carbonyl (C=O) groups excluding carboxylic acids is 1. The molecule has 0 radical (unpaired) electrons. The summed E-state index contributed by atoms with van der Waals surface area (Å²) < 4.78 is 24.5. The number of sulfone groups is 1. The van der Waals surface area contributed by atoms with Crippen LogP contribution in [0.15, 0.2) is 0 Å². The number of carbonyl (C=O) groups is 1. The molecule has 1 aromatic heterocycles. The van der Waals surface area contributed by atoms with Crippen molar-refractivity contribution in [1.82, 2.24) is 14.7 Å². The highest BCUT2D eigenvalue weighted by Gasteiger charge is 2.33. The Hall–Kier alpha value is -1.57. The lowest BCUT2D eigenvalue weighted by Crippen LogP contribution is -2.50. The van der Waals surface area contributed by atoms with Gasteiger partial charge >= 0.3 is 0 Å². The molecular weight excluding hydrogens is 268 g/mol. The molecular formula is C11H18N4O3S. The Morgan fingerprint density at radius 2 is 2.11 bits per heavy atom. The van der Waals surface area contributed by atoms with Crippen LogP contribution in [0.2, 0.25) is 0 Å². The van der Waals surface area contributed by atoms with E-state index < -0.39 is 9.84 Å². The highest BCUT2D eigenvalue weighted by molar-refractivity contribution is 7.91. The molecule has 1 aromatic rings. The molecule has 2 heterocycles. The number of aromatic nitrogens is 2. The van der Waals surface area contributed by atoms with Gasteiger partial charge in [-0.2, -0.15) is 5.10 Å². The number of nitrogens with zero attached hydrogens (tertiary/aromatic N) is 3. The van der Waals surface area contributed by atoms with E-state index in [1.54, 1.807) is 25.8 Å². The first-order valence-electron chi connectivity index (χ1n) is 6.03. The van der Waals surface area contributed by atoms with E-state index in [0.717, 1.165) is 0 Å².